The van der Waals surface area contributed by atoms with E-state index in [1.807, 2.05) is 0 Å². The topological polar surface area (TPSA) is 205 Å². The van der Waals surface area contributed by atoms with Gasteiger partial charge in [-0.05, 0) is 0 Å². The van der Waals surface area contributed by atoms with Gasteiger partial charge in [-0.3, -0.25) is 0 Å². The van der Waals surface area contributed by atoms with Crippen molar-refractivity contribution in [2.75, 3.05) is 119 Å². The van der Waals surface area contributed by atoms with E-state index in [4.69, 9.17) is 94.7 Å². The summed E-state index contributed by atoms with van der Waals surface area (Å²) in [4.78, 5) is 0. The maximum atomic E-state index is 10.9. The van der Waals surface area contributed by atoms with Gasteiger partial charge in [0.05, 0.1) is 26.4 Å². The maximum absolute atomic E-state index is 10.9. The zero-order chi connectivity index (χ0) is 42.5. The van der Waals surface area contributed by atoms with E-state index in [1.54, 1.807) is 28.4 Å². The molecule has 0 aliphatic carbocycles. The molecule has 4 saturated heterocycles. The van der Waals surface area contributed by atoms with Gasteiger partial charge in [0.25, 0.3) is 0 Å². The number of ether oxygens (including phenoxy) is 20. The average Bonchev–Trinajstić information content (AvgIpc) is 3.21. The molecule has 21 nitrogen and oxygen atoms in total. The second-order valence-electron chi connectivity index (χ2n) is 14.1. The highest BCUT2D eigenvalue weighted by Gasteiger charge is 2.58. The molecule has 0 bridgehead atoms. The fraction of sp³-hybridized carbons (Fsp3) is 1.00. The fourth-order valence-electron chi connectivity index (χ4n) is 8.39. The Morgan fingerprint density at radius 2 is 0.534 bits per heavy atom. The summed E-state index contributed by atoms with van der Waals surface area (Å²) in [5.74, 6) is 0. The van der Waals surface area contributed by atoms with Crippen molar-refractivity contribution < 1.29 is 99.8 Å². The van der Waals surface area contributed by atoms with Gasteiger partial charge in [0.2, 0.25) is 0 Å². The molecule has 0 aromatic carbocycles. The molecular weight excluding hydrogens is 780 g/mol. The number of rotatable bonds is 23. The van der Waals surface area contributed by atoms with Crippen molar-refractivity contribution in [2.24, 2.45) is 0 Å². The lowest BCUT2D eigenvalue weighted by Gasteiger charge is -2.52. The minimum Gasteiger partial charge on any atom is -0.382 e. The van der Waals surface area contributed by atoms with Crippen LogP contribution in [0.1, 0.15) is 0 Å². The molecule has 0 unspecified atom stereocenters. The van der Waals surface area contributed by atoms with Crippen molar-refractivity contribution in [3.8, 4) is 0 Å². The Kier molecular flexibility index (Phi) is 21.2. The summed E-state index contributed by atoms with van der Waals surface area (Å²) in [6.07, 6.45) is -17.5. The SMILES string of the molecule is COC[C@H]1O[C@@H](O)[C@H](OC)[C@@H](O[C@@H]2O[C@H](COC)[C@@H](OC)[C@H](O[C@@H]3O[C@H](COC)[C@@H](OC)[C@H](O[C@@H]4O[C@H](COC)[C@@H](OC)[C@H](OC)[C@H]4OC)[C@H]3OC)[C@H]2OC)[C@@H]1OC. The average molecular weight is 849 g/mol. The van der Waals surface area contributed by atoms with Gasteiger partial charge >= 0.3 is 0 Å². The van der Waals surface area contributed by atoms with Gasteiger partial charge in [-0.25, -0.2) is 0 Å². The molecule has 4 rings (SSSR count). The van der Waals surface area contributed by atoms with Crippen LogP contribution in [0.2, 0.25) is 0 Å². The first-order valence-corrected chi connectivity index (χ1v) is 19.1. The summed E-state index contributed by atoms with van der Waals surface area (Å²) >= 11 is 0. The molecule has 0 spiro atoms. The summed E-state index contributed by atoms with van der Waals surface area (Å²) in [5, 5.41) is 10.9. The van der Waals surface area contributed by atoms with Crippen LogP contribution in [0.15, 0.2) is 0 Å². The molecule has 4 aliphatic rings. The Hall–Kier alpha value is -0.840. The lowest BCUT2D eigenvalue weighted by atomic mass is 9.95. The minimum atomic E-state index is -1.38. The Morgan fingerprint density at radius 3 is 0.810 bits per heavy atom. The zero-order valence-electron chi connectivity index (χ0n) is 36.0. The van der Waals surface area contributed by atoms with Crippen LogP contribution >= 0.6 is 0 Å². The van der Waals surface area contributed by atoms with Gasteiger partial charge < -0.3 is 99.8 Å². The predicted molar refractivity (Wildman–Crippen MR) is 196 cm³/mol. The van der Waals surface area contributed by atoms with Gasteiger partial charge in [0.1, 0.15) is 97.7 Å². The van der Waals surface area contributed by atoms with Crippen LogP contribution < -0.4 is 0 Å². The minimum absolute atomic E-state index is 0.0744. The normalized spacial score (nSPS) is 43.8. The highest BCUT2D eigenvalue weighted by atomic mass is 16.8. The van der Waals surface area contributed by atoms with Crippen LogP contribution in [0.4, 0.5) is 0 Å². The number of aliphatic hydroxyl groups excluding tert-OH is 1. The first kappa shape index (κ1) is 49.8. The third-order valence-corrected chi connectivity index (χ3v) is 11.0. The Morgan fingerprint density at radius 1 is 0.293 bits per heavy atom. The highest BCUT2D eigenvalue weighted by molar-refractivity contribution is 5.00. The van der Waals surface area contributed by atoms with Crippen molar-refractivity contribution in [1.82, 2.24) is 0 Å². The lowest BCUT2D eigenvalue weighted by molar-refractivity contribution is -0.396. The predicted octanol–water partition coefficient (Wildman–Crippen LogP) is -1.25. The fourth-order valence-corrected chi connectivity index (χ4v) is 8.39. The van der Waals surface area contributed by atoms with Crippen LogP contribution in [-0.4, -0.2) is 247 Å². The summed E-state index contributed by atoms with van der Waals surface area (Å²) in [6.45, 7) is 0.449. The molecule has 0 aromatic rings. The molecule has 21 heteroatoms. The van der Waals surface area contributed by atoms with Crippen molar-refractivity contribution in [2.45, 2.75) is 123 Å². The monoisotopic (exact) mass is 848 g/mol. The molecule has 4 aliphatic heterocycles. The molecule has 0 aromatic heterocycles. The van der Waals surface area contributed by atoms with E-state index in [-0.39, 0.29) is 26.4 Å². The van der Waals surface area contributed by atoms with Crippen LogP contribution in [0.25, 0.3) is 0 Å². The van der Waals surface area contributed by atoms with Crippen LogP contribution in [0, 0.1) is 0 Å². The van der Waals surface area contributed by atoms with E-state index in [0.29, 0.717) is 0 Å². The summed E-state index contributed by atoms with van der Waals surface area (Å²) in [6, 6.07) is 0. The first-order valence-electron chi connectivity index (χ1n) is 19.1. The van der Waals surface area contributed by atoms with Gasteiger partial charge in [-0.2, -0.15) is 0 Å². The second-order valence-corrected chi connectivity index (χ2v) is 14.1. The maximum Gasteiger partial charge on any atom is 0.187 e. The molecule has 4 heterocycles. The lowest BCUT2D eigenvalue weighted by Crippen LogP contribution is -2.69. The van der Waals surface area contributed by atoms with Crippen LogP contribution in [-0.2, 0) is 94.7 Å². The van der Waals surface area contributed by atoms with Crippen molar-refractivity contribution in [3.05, 3.63) is 0 Å². The van der Waals surface area contributed by atoms with Gasteiger partial charge in [-0.15, -0.1) is 0 Å². The Labute approximate surface area is 341 Å². The van der Waals surface area contributed by atoms with Gasteiger partial charge in [-0.1, -0.05) is 0 Å². The second kappa shape index (κ2) is 24.7. The van der Waals surface area contributed by atoms with Crippen molar-refractivity contribution in [1.29, 1.82) is 0 Å². The molecule has 342 valence electrons. The molecule has 0 saturated carbocycles. The van der Waals surface area contributed by atoms with Gasteiger partial charge in [0.15, 0.2) is 25.2 Å². The molecule has 20 atom stereocenters. The summed E-state index contributed by atoms with van der Waals surface area (Å²) < 4.78 is 121. The Balaban J connectivity index is 1.72. The smallest absolute Gasteiger partial charge is 0.187 e. The molecular formula is C37H68O21. The molecule has 0 radical (unpaired) electrons. The van der Waals surface area contributed by atoms with E-state index in [2.05, 4.69) is 0 Å². The van der Waals surface area contributed by atoms with E-state index in [0.717, 1.165) is 0 Å². The third kappa shape index (κ3) is 11.0. The van der Waals surface area contributed by atoms with E-state index in [1.165, 1.54) is 64.0 Å². The Bertz CT molecular complexity index is 1130. The number of hydrogen-bond donors (Lipinski definition) is 1. The summed E-state index contributed by atoms with van der Waals surface area (Å²) in [5.41, 5.74) is 0. The number of methoxy groups -OCH3 is 13. The highest BCUT2D eigenvalue weighted by Crippen LogP contribution is 2.38. The van der Waals surface area contributed by atoms with E-state index in [9.17, 15) is 5.11 Å². The molecule has 4 fully saturated rings. The third-order valence-electron chi connectivity index (χ3n) is 11.0. The van der Waals surface area contributed by atoms with Gasteiger partial charge in [0, 0.05) is 92.4 Å². The zero-order valence-corrected chi connectivity index (χ0v) is 36.0. The molecule has 0 amide bonds. The standard InChI is InChI=1S/C37H68O21/c1-39-14-18-23(44-6)27(30(48-10)34(38)52-18)56-36-32(50-12)29(25(46-8)20(54-36)16-41-3)58-37-33(51-13)28(24(45-7)21(55-37)17-42-4)57-35-31(49-11)26(47-9)22(43-5)19(53-35)15-40-2/h18-38H,14-17H2,1-13H3/t18-,19-,20-,21-,22-,23-,24-,25-,26+,27+,28+,29+,30-,31-,32-,33-,34-,35+,36+,37+/m1/s1. The number of hydrogen-bond acceptors (Lipinski definition) is 21. The van der Waals surface area contributed by atoms with E-state index >= 15 is 0 Å². The van der Waals surface area contributed by atoms with Crippen LogP contribution in [0.3, 0.4) is 0 Å². The quantitative estimate of drug-likeness (QED) is 0.128. The van der Waals surface area contributed by atoms with Crippen molar-refractivity contribution in [3.63, 3.8) is 0 Å². The van der Waals surface area contributed by atoms with E-state index < -0.39 is 123 Å². The molecule has 1 N–H and O–H groups in total. The van der Waals surface area contributed by atoms with Crippen molar-refractivity contribution >= 4 is 0 Å². The summed E-state index contributed by atoms with van der Waals surface area (Å²) in [7, 11) is 19.8. The van der Waals surface area contributed by atoms with Crippen LogP contribution in [0.5, 0.6) is 0 Å². The number of aliphatic hydroxyl groups is 1. The largest absolute Gasteiger partial charge is 0.382 e. The first-order chi connectivity index (χ1) is 28.1. The molecule has 58 heavy (non-hydrogen) atoms.